The van der Waals surface area contributed by atoms with Gasteiger partial charge in [0.2, 0.25) is 0 Å². The molecule has 0 saturated carbocycles. The molecule has 0 atom stereocenters. The molecule has 0 spiro atoms. The number of hydrogen-bond acceptors (Lipinski definition) is 4. The number of halogens is 1. The van der Waals surface area contributed by atoms with E-state index in [2.05, 4.69) is 34.7 Å². The standard InChI is InChI=1S/C14H21ClN4/c1-11(2)10-19(6-5-18(3)4)14-8-12(9-16)7-13(15)17-14/h7-8,11H,5-6,10H2,1-4H3. The number of nitriles is 1. The molecule has 0 radical (unpaired) electrons. The second kappa shape index (κ2) is 7.32. The van der Waals surface area contributed by atoms with E-state index in [1.54, 1.807) is 12.1 Å². The fourth-order valence-electron chi connectivity index (χ4n) is 1.77. The summed E-state index contributed by atoms with van der Waals surface area (Å²) in [6.07, 6.45) is 0. The minimum atomic E-state index is 0.368. The van der Waals surface area contributed by atoms with Crippen LogP contribution in [0.25, 0.3) is 0 Å². The summed E-state index contributed by atoms with van der Waals surface area (Å²) in [5.41, 5.74) is 0.550. The maximum atomic E-state index is 9.01. The third-order valence-corrected chi connectivity index (χ3v) is 2.83. The summed E-state index contributed by atoms with van der Waals surface area (Å²) in [6, 6.07) is 5.50. The molecular weight excluding hydrogens is 260 g/mol. The van der Waals surface area contributed by atoms with Crippen LogP contribution >= 0.6 is 11.6 Å². The predicted octanol–water partition coefficient (Wildman–Crippen LogP) is 2.63. The molecule has 0 aliphatic carbocycles. The quantitative estimate of drug-likeness (QED) is 0.752. The summed E-state index contributed by atoms with van der Waals surface area (Å²) >= 11 is 5.97. The zero-order valence-electron chi connectivity index (χ0n) is 12.0. The fraction of sp³-hybridized carbons (Fsp3) is 0.571. The lowest BCUT2D eigenvalue weighted by Gasteiger charge is -2.27. The van der Waals surface area contributed by atoms with Gasteiger partial charge in [0.05, 0.1) is 11.6 Å². The van der Waals surface area contributed by atoms with Gasteiger partial charge < -0.3 is 9.80 Å². The van der Waals surface area contributed by atoms with Crippen molar-refractivity contribution in [1.82, 2.24) is 9.88 Å². The van der Waals surface area contributed by atoms with Gasteiger partial charge >= 0.3 is 0 Å². The molecular formula is C14H21ClN4. The molecule has 1 heterocycles. The maximum Gasteiger partial charge on any atom is 0.132 e. The highest BCUT2D eigenvalue weighted by molar-refractivity contribution is 6.29. The zero-order chi connectivity index (χ0) is 14.4. The molecule has 1 aromatic heterocycles. The number of pyridine rings is 1. The van der Waals surface area contributed by atoms with Crippen molar-refractivity contribution in [3.05, 3.63) is 22.8 Å². The minimum absolute atomic E-state index is 0.368. The van der Waals surface area contributed by atoms with E-state index in [-0.39, 0.29) is 0 Å². The molecule has 0 saturated heterocycles. The number of rotatable bonds is 6. The molecule has 0 N–H and O–H groups in total. The van der Waals surface area contributed by atoms with Crippen LogP contribution in [0.4, 0.5) is 5.82 Å². The van der Waals surface area contributed by atoms with Crippen LogP contribution in [0, 0.1) is 17.2 Å². The van der Waals surface area contributed by atoms with Crippen LogP contribution in [0.1, 0.15) is 19.4 Å². The molecule has 1 aromatic rings. The molecule has 1 rings (SSSR count). The maximum absolute atomic E-state index is 9.01. The lowest BCUT2D eigenvalue weighted by atomic mass is 10.2. The highest BCUT2D eigenvalue weighted by atomic mass is 35.5. The average molecular weight is 281 g/mol. The lowest BCUT2D eigenvalue weighted by Crippen LogP contribution is -2.35. The van der Waals surface area contributed by atoms with Gasteiger partial charge in [0.25, 0.3) is 0 Å². The van der Waals surface area contributed by atoms with E-state index >= 15 is 0 Å². The fourth-order valence-corrected chi connectivity index (χ4v) is 1.97. The summed E-state index contributed by atoms with van der Waals surface area (Å²) < 4.78 is 0. The predicted molar refractivity (Wildman–Crippen MR) is 79.6 cm³/mol. The number of hydrogen-bond donors (Lipinski definition) is 0. The Kier molecular flexibility index (Phi) is 6.07. The first-order chi connectivity index (χ1) is 8.92. The summed E-state index contributed by atoms with van der Waals surface area (Å²) in [4.78, 5) is 8.64. The van der Waals surface area contributed by atoms with E-state index in [1.807, 2.05) is 14.1 Å². The van der Waals surface area contributed by atoms with Gasteiger partial charge in [0.1, 0.15) is 11.0 Å². The van der Waals surface area contributed by atoms with Gasteiger partial charge in [-0.1, -0.05) is 25.4 Å². The third-order valence-electron chi connectivity index (χ3n) is 2.64. The number of nitrogens with zero attached hydrogens (tertiary/aromatic N) is 4. The van der Waals surface area contributed by atoms with Gasteiger partial charge in [-0.25, -0.2) is 4.98 Å². The second-order valence-electron chi connectivity index (χ2n) is 5.29. The highest BCUT2D eigenvalue weighted by Gasteiger charge is 2.12. The van der Waals surface area contributed by atoms with Crippen molar-refractivity contribution >= 4 is 17.4 Å². The van der Waals surface area contributed by atoms with E-state index in [0.717, 1.165) is 25.5 Å². The smallest absolute Gasteiger partial charge is 0.132 e. The van der Waals surface area contributed by atoms with Gasteiger partial charge in [0, 0.05) is 19.6 Å². The van der Waals surface area contributed by atoms with Crippen molar-refractivity contribution in [2.75, 3.05) is 38.6 Å². The Morgan fingerprint density at radius 1 is 1.32 bits per heavy atom. The molecule has 0 aliphatic heterocycles. The van der Waals surface area contributed by atoms with Gasteiger partial charge in [-0.15, -0.1) is 0 Å². The topological polar surface area (TPSA) is 43.2 Å². The van der Waals surface area contributed by atoms with Crippen LogP contribution in [0.3, 0.4) is 0 Å². The van der Waals surface area contributed by atoms with E-state index in [4.69, 9.17) is 16.9 Å². The van der Waals surface area contributed by atoms with Crippen LogP contribution in [-0.4, -0.2) is 43.6 Å². The monoisotopic (exact) mass is 280 g/mol. The molecule has 104 valence electrons. The summed E-state index contributed by atoms with van der Waals surface area (Å²) in [5.74, 6) is 1.30. The van der Waals surface area contributed by atoms with Crippen molar-refractivity contribution in [3.8, 4) is 6.07 Å². The van der Waals surface area contributed by atoms with E-state index in [0.29, 0.717) is 16.6 Å². The van der Waals surface area contributed by atoms with Crippen molar-refractivity contribution in [2.24, 2.45) is 5.92 Å². The Morgan fingerprint density at radius 3 is 2.53 bits per heavy atom. The van der Waals surface area contributed by atoms with Gasteiger partial charge in [-0.3, -0.25) is 0 Å². The third kappa shape index (κ3) is 5.46. The van der Waals surface area contributed by atoms with Gasteiger partial charge in [0.15, 0.2) is 0 Å². The Morgan fingerprint density at radius 2 is 2.00 bits per heavy atom. The van der Waals surface area contributed by atoms with Gasteiger partial charge in [-0.2, -0.15) is 5.26 Å². The first kappa shape index (κ1) is 15.7. The molecule has 4 nitrogen and oxygen atoms in total. The minimum Gasteiger partial charge on any atom is -0.355 e. The van der Waals surface area contributed by atoms with Crippen molar-refractivity contribution in [2.45, 2.75) is 13.8 Å². The van der Waals surface area contributed by atoms with Crippen molar-refractivity contribution in [1.29, 1.82) is 5.26 Å². The van der Waals surface area contributed by atoms with Crippen molar-refractivity contribution in [3.63, 3.8) is 0 Å². The average Bonchev–Trinajstić information content (AvgIpc) is 2.32. The Labute approximate surface area is 120 Å². The molecule has 5 heteroatoms. The zero-order valence-corrected chi connectivity index (χ0v) is 12.8. The Bertz CT molecular complexity index is 451. The number of likely N-dealkylation sites (N-methyl/N-ethyl adjacent to an activating group) is 1. The number of anilines is 1. The summed E-state index contributed by atoms with van der Waals surface area (Å²) in [5, 5.41) is 9.37. The lowest BCUT2D eigenvalue weighted by molar-refractivity contribution is 0.408. The van der Waals surface area contributed by atoms with Crippen molar-refractivity contribution < 1.29 is 0 Å². The molecule has 0 unspecified atom stereocenters. The first-order valence-corrected chi connectivity index (χ1v) is 6.77. The molecule has 0 amide bonds. The molecule has 0 aromatic carbocycles. The Hall–Kier alpha value is -1.31. The SMILES string of the molecule is CC(C)CN(CCN(C)C)c1cc(C#N)cc(Cl)n1. The van der Waals surface area contributed by atoms with Gasteiger partial charge in [-0.05, 0) is 32.1 Å². The van der Waals surface area contributed by atoms with E-state index in [9.17, 15) is 0 Å². The summed E-state index contributed by atoms with van der Waals surface area (Å²) in [6.45, 7) is 7.02. The Balaban J connectivity index is 2.95. The van der Waals surface area contributed by atoms with Crippen LogP contribution in [0.2, 0.25) is 5.15 Å². The first-order valence-electron chi connectivity index (χ1n) is 6.39. The second-order valence-corrected chi connectivity index (χ2v) is 5.68. The van der Waals surface area contributed by atoms with E-state index in [1.165, 1.54) is 0 Å². The van der Waals surface area contributed by atoms with E-state index < -0.39 is 0 Å². The number of aromatic nitrogens is 1. The molecule has 0 bridgehead atoms. The van der Waals surface area contributed by atoms with Crippen LogP contribution in [-0.2, 0) is 0 Å². The van der Waals surface area contributed by atoms with Crippen LogP contribution in [0.15, 0.2) is 12.1 Å². The highest BCUT2D eigenvalue weighted by Crippen LogP contribution is 2.18. The summed E-state index contributed by atoms with van der Waals surface area (Å²) in [7, 11) is 4.08. The molecule has 0 fully saturated rings. The normalized spacial score (nSPS) is 10.8. The van der Waals surface area contributed by atoms with Crippen LogP contribution in [0.5, 0.6) is 0 Å². The molecule has 19 heavy (non-hydrogen) atoms. The largest absolute Gasteiger partial charge is 0.355 e. The molecule has 0 aliphatic rings. The van der Waals surface area contributed by atoms with Crippen LogP contribution < -0.4 is 4.90 Å².